The van der Waals surface area contributed by atoms with Gasteiger partial charge in [0.25, 0.3) is 5.91 Å². The Morgan fingerprint density at radius 1 is 1.42 bits per heavy atom. The van der Waals surface area contributed by atoms with Crippen LogP contribution in [0.25, 0.3) is 0 Å². The maximum absolute atomic E-state index is 11.3. The summed E-state index contributed by atoms with van der Waals surface area (Å²) in [5.74, 6) is -0.0517. The highest BCUT2D eigenvalue weighted by Crippen LogP contribution is 2.43. The smallest absolute Gasteiger partial charge is 0.261 e. The molecular weight excluding hydrogens is 266 g/mol. The maximum atomic E-state index is 11.3. The molecule has 6 nitrogen and oxygen atoms in total. The number of ether oxygens (including phenoxy) is 2. The van der Waals surface area contributed by atoms with Crippen LogP contribution in [0.15, 0.2) is 0 Å². The normalized spacial score (nSPS) is 22.4. The molecule has 0 aliphatic heterocycles. The van der Waals surface area contributed by atoms with Crippen LogP contribution in [0.5, 0.6) is 5.75 Å². The van der Waals surface area contributed by atoms with Gasteiger partial charge in [-0.1, -0.05) is 0 Å². The zero-order valence-electron chi connectivity index (χ0n) is 11.1. The van der Waals surface area contributed by atoms with E-state index in [1.807, 2.05) is 0 Å². The topological polar surface area (TPSA) is 99.6 Å². The lowest BCUT2D eigenvalue weighted by molar-refractivity contribution is 0.100. The molecule has 0 spiro atoms. The Bertz CT molecular complexity index is 475. The zero-order chi connectivity index (χ0) is 14.0. The van der Waals surface area contributed by atoms with Gasteiger partial charge < -0.3 is 26.3 Å². The predicted octanol–water partition coefficient (Wildman–Crippen LogP) is 1.42. The standard InChI is InChI=1S/C12H19N3O3S/c1-17-7-5-3-4-6(7)15-12-9(18-2)8(13)10(19-12)11(14)16/h6-7,15H,3-5,13H2,1-2H3,(H2,14,16). The molecule has 19 heavy (non-hydrogen) atoms. The van der Waals surface area contributed by atoms with Crippen LogP contribution in [0.2, 0.25) is 0 Å². The number of carbonyl (C=O) groups excluding carboxylic acids is 1. The van der Waals surface area contributed by atoms with Crippen molar-refractivity contribution in [3.8, 4) is 5.75 Å². The fourth-order valence-electron chi connectivity index (χ4n) is 2.45. The van der Waals surface area contributed by atoms with Crippen molar-refractivity contribution in [1.82, 2.24) is 0 Å². The molecule has 1 aliphatic carbocycles. The van der Waals surface area contributed by atoms with E-state index in [4.69, 9.17) is 20.9 Å². The lowest BCUT2D eigenvalue weighted by Crippen LogP contribution is -2.29. The molecule has 0 radical (unpaired) electrons. The second kappa shape index (κ2) is 5.66. The molecule has 2 rings (SSSR count). The summed E-state index contributed by atoms with van der Waals surface area (Å²) in [6.45, 7) is 0. The van der Waals surface area contributed by atoms with Gasteiger partial charge in [0.15, 0.2) is 5.75 Å². The Labute approximate surface area is 116 Å². The monoisotopic (exact) mass is 285 g/mol. The van der Waals surface area contributed by atoms with Crippen molar-refractivity contribution in [3.05, 3.63) is 4.88 Å². The molecule has 7 heteroatoms. The van der Waals surface area contributed by atoms with Gasteiger partial charge in [-0.15, -0.1) is 11.3 Å². The second-order valence-electron chi connectivity index (χ2n) is 4.53. The molecule has 1 fully saturated rings. The van der Waals surface area contributed by atoms with Crippen molar-refractivity contribution >= 4 is 27.9 Å². The summed E-state index contributed by atoms with van der Waals surface area (Å²) in [5, 5.41) is 4.10. The van der Waals surface area contributed by atoms with Crippen LogP contribution in [0, 0.1) is 0 Å². The average Bonchev–Trinajstić information content (AvgIpc) is 2.94. The van der Waals surface area contributed by atoms with E-state index in [-0.39, 0.29) is 12.1 Å². The quantitative estimate of drug-likeness (QED) is 0.759. The van der Waals surface area contributed by atoms with Gasteiger partial charge in [0.05, 0.1) is 19.3 Å². The molecule has 1 aliphatic rings. The molecule has 2 atom stereocenters. The van der Waals surface area contributed by atoms with E-state index < -0.39 is 5.91 Å². The first-order valence-corrected chi connectivity index (χ1v) is 6.95. The van der Waals surface area contributed by atoms with E-state index in [2.05, 4.69) is 5.32 Å². The summed E-state index contributed by atoms with van der Waals surface area (Å²) < 4.78 is 10.7. The Kier molecular flexibility index (Phi) is 4.16. The maximum Gasteiger partial charge on any atom is 0.261 e. The van der Waals surface area contributed by atoms with Gasteiger partial charge in [0.2, 0.25) is 0 Å². The van der Waals surface area contributed by atoms with E-state index in [0.717, 1.165) is 24.3 Å². The lowest BCUT2D eigenvalue weighted by Gasteiger charge is -2.20. The first kappa shape index (κ1) is 14.0. The number of anilines is 2. The van der Waals surface area contributed by atoms with E-state index >= 15 is 0 Å². The Morgan fingerprint density at radius 2 is 2.16 bits per heavy atom. The summed E-state index contributed by atoms with van der Waals surface area (Å²) in [5.41, 5.74) is 11.5. The van der Waals surface area contributed by atoms with E-state index in [1.54, 1.807) is 7.11 Å². The molecule has 106 valence electrons. The van der Waals surface area contributed by atoms with Crippen LogP contribution in [-0.4, -0.2) is 32.3 Å². The number of primary amides is 1. The number of nitrogen functional groups attached to an aromatic ring is 1. The second-order valence-corrected chi connectivity index (χ2v) is 5.55. The van der Waals surface area contributed by atoms with Crippen molar-refractivity contribution in [3.63, 3.8) is 0 Å². The van der Waals surface area contributed by atoms with E-state index in [9.17, 15) is 4.79 Å². The highest BCUT2D eigenvalue weighted by Gasteiger charge is 2.29. The third-order valence-electron chi connectivity index (χ3n) is 3.40. The Hall–Kier alpha value is -1.47. The first-order valence-electron chi connectivity index (χ1n) is 6.13. The molecule has 0 aromatic carbocycles. The van der Waals surface area contributed by atoms with Crippen LogP contribution in [-0.2, 0) is 4.74 Å². The number of nitrogens with one attached hydrogen (secondary N) is 1. The summed E-state index contributed by atoms with van der Waals surface area (Å²) >= 11 is 1.23. The number of rotatable bonds is 5. The van der Waals surface area contributed by atoms with Crippen molar-refractivity contribution in [2.24, 2.45) is 5.73 Å². The zero-order valence-corrected chi connectivity index (χ0v) is 11.9. The molecule has 5 N–H and O–H groups in total. The average molecular weight is 285 g/mol. The third kappa shape index (κ3) is 2.62. The Balaban J connectivity index is 2.24. The van der Waals surface area contributed by atoms with Crippen molar-refractivity contribution in [2.45, 2.75) is 31.4 Å². The molecule has 1 amide bonds. The molecule has 1 saturated carbocycles. The summed E-state index contributed by atoms with van der Waals surface area (Å²) in [7, 11) is 3.23. The number of amides is 1. The summed E-state index contributed by atoms with van der Waals surface area (Å²) in [6, 6.07) is 0.206. The van der Waals surface area contributed by atoms with Gasteiger partial charge >= 0.3 is 0 Å². The van der Waals surface area contributed by atoms with Gasteiger partial charge in [-0.3, -0.25) is 4.79 Å². The molecular formula is C12H19N3O3S. The number of hydrogen-bond donors (Lipinski definition) is 3. The Morgan fingerprint density at radius 3 is 2.74 bits per heavy atom. The van der Waals surface area contributed by atoms with Crippen molar-refractivity contribution in [1.29, 1.82) is 0 Å². The summed E-state index contributed by atoms with van der Waals surface area (Å²) in [6.07, 6.45) is 3.33. The van der Waals surface area contributed by atoms with E-state index in [1.165, 1.54) is 18.4 Å². The molecule has 1 heterocycles. The van der Waals surface area contributed by atoms with Crippen molar-refractivity contribution < 1.29 is 14.3 Å². The van der Waals surface area contributed by atoms with Crippen LogP contribution in [0.4, 0.5) is 10.7 Å². The number of methoxy groups -OCH3 is 2. The fourth-order valence-corrected chi connectivity index (χ4v) is 3.45. The van der Waals surface area contributed by atoms with Gasteiger partial charge in [0, 0.05) is 7.11 Å². The van der Waals surface area contributed by atoms with Crippen LogP contribution in [0.3, 0.4) is 0 Å². The highest BCUT2D eigenvalue weighted by atomic mass is 32.1. The van der Waals surface area contributed by atoms with Gasteiger partial charge in [-0.25, -0.2) is 0 Å². The minimum atomic E-state index is -0.538. The van der Waals surface area contributed by atoms with Gasteiger partial charge in [0.1, 0.15) is 15.6 Å². The van der Waals surface area contributed by atoms with Gasteiger partial charge in [-0.05, 0) is 19.3 Å². The van der Waals surface area contributed by atoms with Gasteiger partial charge in [-0.2, -0.15) is 0 Å². The number of carbonyl (C=O) groups is 1. The first-order chi connectivity index (χ1) is 9.08. The molecule has 1 aromatic heterocycles. The predicted molar refractivity (Wildman–Crippen MR) is 75.9 cm³/mol. The number of hydrogen-bond acceptors (Lipinski definition) is 6. The molecule has 1 aromatic rings. The van der Waals surface area contributed by atoms with Crippen LogP contribution in [0.1, 0.15) is 28.9 Å². The largest absolute Gasteiger partial charge is 0.492 e. The summed E-state index contributed by atoms with van der Waals surface area (Å²) in [4.78, 5) is 11.6. The fraction of sp³-hybridized carbons (Fsp3) is 0.583. The molecule has 2 unspecified atom stereocenters. The minimum absolute atomic E-state index is 0.171. The lowest BCUT2D eigenvalue weighted by atomic mass is 10.2. The number of thiophene rings is 1. The van der Waals surface area contributed by atoms with Crippen LogP contribution < -0.4 is 21.5 Å². The third-order valence-corrected chi connectivity index (χ3v) is 4.53. The highest BCUT2D eigenvalue weighted by molar-refractivity contribution is 7.19. The minimum Gasteiger partial charge on any atom is -0.492 e. The van der Waals surface area contributed by atoms with Crippen LogP contribution >= 0.6 is 11.3 Å². The SMILES string of the molecule is COc1c(NC2CCCC2OC)sc(C(N)=O)c1N. The van der Waals surface area contributed by atoms with Crippen molar-refractivity contribution in [2.75, 3.05) is 25.3 Å². The molecule has 0 saturated heterocycles. The molecule has 0 bridgehead atoms. The number of nitrogens with two attached hydrogens (primary N) is 2. The van der Waals surface area contributed by atoms with E-state index in [0.29, 0.717) is 16.3 Å².